The van der Waals surface area contributed by atoms with Crippen LogP contribution in [0.2, 0.25) is 0 Å². The molecule has 2 aromatic carbocycles. The van der Waals surface area contributed by atoms with E-state index in [1.807, 2.05) is 6.92 Å². The van der Waals surface area contributed by atoms with Crippen molar-refractivity contribution in [3.63, 3.8) is 0 Å². The van der Waals surface area contributed by atoms with Crippen LogP contribution in [0.25, 0.3) is 0 Å². The zero-order valence-electron chi connectivity index (χ0n) is 21.2. The monoisotopic (exact) mass is 532 g/mol. The van der Waals surface area contributed by atoms with E-state index < -0.39 is 10.8 Å². The highest BCUT2D eigenvalue weighted by atomic mass is 19.1. The summed E-state index contributed by atoms with van der Waals surface area (Å²) < 4.78 is 20.2. The van der Waals surface area contributed by atoms with Crippen LogP contribution in [0.3, 0.4) is 0 Å². The minimum absolute atomic E-state index is 0.0613. The molecule has 1 unspecified atom stereocenters. The number of rotatable bonds is 7. The number of nitro benzene ring substituents is 1. The molecule has 0 aliphatic carbocycles. The van der Waals surface area contributed by atoms with Gasteiger partial charge in [0.15, 0.2) is 11.4 Å². The number of H-pyrrole nitrogens is 1. The molecule has 0 saturated carbocycles. The summed E-state index contributed by atoms with van der Waals surface area (Å²) in [5.41, 5.74) is 2.59. The number of aromatic amines is 1. The highest BCUT2D eigenvalue weighted by Crippen LogP contribution is 2.33. The predicted molar refractivity (Wildman–Crippen MR) is 139 cm³/mol. The van der Waals surface area contributed by atoms with Crippen molar-refractivity contribution in [2.24, 2.45) is 0 Å². The van der Waals surface area contributed by atoms with Gasteiger partial charge in [-0.3, -0.25) is 24.4 Å². The Morgan fingerprint density at radius 2 is 2.00 bits per heavy atom. The Balaban J connectivity index is 1.51. The van der Waals surface area contributed by atoms with E-state index in [0.29, 0.717) is 24.3 Å². The highest BCUT2D eigenvalue weighted by Gasteiger charge is 2.35. The molecular formula is C27H25FN6O5. The number of nitro groups is 1. The van der Waals surface area contributed by atoms with Crippen LogP contribution in [-0.4, -0.2) is 50.1 Å². The number of anilines is 1. The first-order chi connectivity index (χ1) is 18.7. The first-order valence-electron chi connectivity index (χ1n) is 12.2. The smallest absolute Gasteiger partial charge is 0.312 e. The van der Waals surface area contributed by atoms with Gasteiger partial charge in [0.05, 0.1) is 25.1 Å². The van der Waals surface area contributed by atoms with Gasteiger partial charge in [0, 0.05) is 41.7 Å². The summed E-state index contributed by atoms with van der Waals surface area (Å²) in [6.45, 7) is 2.79. The lowest BCUT2D eigenvalue weighted by Gasteiger charge is -2.32. The molecular weight excluding hydrogens is 507 g/mol. The molecule has 1 atom stereocenters. The van der Waals surface area contributed by atoms with Crippen molar-refractivity contribution < 1.29 is 23.6 Å². The summed E-state index contributed by atoms with van der Waals surface area (Å²) in [6.07, 6.45) is 1.67. The lowest BCUT2D eigenvalue weighted by molar-refractivity contribution is -0.385. The molecule has 2 aromatic heterocycles. The molecule has 4 aromatic rings. The predicted octanol–water partition coefficient (Wildman–Crippen LogP) is 4.33. The zero-order chi connectivity index (χ0) is 27.7. The Bertz CT molecular complexity index is 1550. The fourth-order valence-electron chi connectivity index (χ4n) is 4.85. The molecule has 0 bridgehead atoms. The number of halogens is 1. The Labute approximate surface area is 222 Å². The minimum atomic E-state index is -0.598. The van der Waals surface area contributed by atoms with E-state index in [2.05, 4.69) is 15.4 Å². The topological polar surface area (TPSA) is 135 Å². The van der Waals surface area contributed by atoms with Crippen LogP contribution in [0.4, 0.5) is 15.8 Å². The minimum Gasteiger partial charge on any atom is -0.490 e. The second-order valence-corrected chi connectivity index (χ2v) is 9.26. The summed E-state index contributed by atoms with van der Waals surface area (Å²) in [5, 5.41) is 18.7. The van der Waals surface area contributed by atoms with Crippen molar-refractivity contribution in [3.8, 4) is 5.75 Å². The third kappa shape index (κ3) is 5.08. The van der Waals surface area contributed by atoms with Crippen LogP contribution in [0.5, 0.6) is 5.75 Å². The fourth-order valence-corrected chi connectivity index (χ4v) is 4.85. The third-order valence-electron chi connectivity index (χ3n) is 6.61. The van der Waals surface area contributed by atoms with Crippen molar-refractivity contribution in [2.45, 2.75) is 25.9 Å². The van der Waals surface area contributed by atoms with E-state index in [9.17, 15) is 24.1 Å². The van der Waals surface area contributed by atoms with Crippen LogP contribution in [-0.2, 0) is 13.1 Å². The number of hydrogen-bond donors (Lipinski definition) is 2. The fraction of sp³-hybridized carbons (Fsp3) is 0.222. The molecule has 5 rings (SSSR count). The highest BCUT2D eigenvalue weighted by molar-refractivity contribution is 6.04. The van der Waals surface area contributed by atoms with Gasteiger partial charge in [-0.25, -0.2) is 4.39 Å². The maximum absolute atomic E-state index is 13.5. The maximum Gasteiger partial charge on any atom is 0.312 e. The van der Waals surface area contributed by atoms with Crippen molar-refractivity contribution >= 4 is 23.2 Å². The summed E-state index contributed by atoms with van der Waals surface area (Å²) in [6, 6.07) is 13.5. The van der Waals surface area contributed by atoms with E-state index in [-0.39, 0.29) is 47.0 Å². The lowest BCUT2D eigenvalue weighted by atomic mass is 9.95. The van der Waals surface area contributed by atoms with Crippen LogP contribution >= 0.6 is 0 Å². The molecule has 11 nitrogen and oxygen atoms in total. The number of fused-ring (bicyclic) bond motifs is 1. The average Bonchev–Trinajstić information content (AvgIpc) is 3.58. The largest absolute Gasteiger partial charge is 0.490 e. The molecule has 1 aliphatic heterocycles. The second kappa shape index (κ2) is 10.4. The average molecular weight is 533 g/mol. The van der Waals surface area contributed by atoms with Crippen molar-refractivity contribution in [3.05, 3.63) is 105 Å². The van der Waals surface area contributed by atoms with Crippen molar-refractivity contribution in [1.29, 1.82) is 0 Å². The van der Waals surface area contributed by atoms with Gasteiger partial charge >= 0.3 is 5.69 Å². The molecule has 2 N–H and O–H groups in total. The van der Waals surface area contributed by atoms with Gasteiger partial charge in [-0.1, -0.05) is 19.1 Å². The van der Waals surface area contributed by atoms with E-state index in [1.54, 1.807) is 40.0 Å². The molecule has 1 aliphatic rings. The van der Waals surface area contributed by atoms with Crippen LogP contribution in [0.1, 0.15) is 50.6 Å². The number of carbonyl (C=O) groups is 2. The molecule has 0 saturated heterocycles. The Morgan fingerprint density at radius 3 is 2.67 bits per heavy atom. The number of methoxy groups -OCH3 is 1. The van der Waals surface area contributed by atoms with E-state index in [4.69, 9.17) is 4.74 Å². The van der Waals surface area contributed by atoms with Gasteiger partial charge in [0.2, 0.25) is 0 Å². The van der Waals surface area contributed by atoms with Gasteiger partial charge in [-0.15, -0.1) is 0 Å². The number of ether oxygens (including phenoxy) is 1. The summed E-state index contributed by atoms with van der Waals surface area (Å²) >= 11 is 0. The number of hydrogen-bond acceptors (Lipinski definition) is 6. The standard InChI is InChI=1S/C27H25FN6O5/c1-16-13-32(27(36)21-4-3-11-29-21)15-20-24(31-33(25(16)20)14-17-5-7-18(28)8-6-17)26(35)30-19-9-10-23(39-2)22(12-19)34(37)38/h3-12,16,29H,13-15H2,1-2H3,(H,30,35). The normalized spacial score (nSPS) is 14.5. The molecule has 200 valence electrons. The Morgan fingerprint density at radius 1 is 1.23 bits per heavy atom. The van der Waals surface area contributed by atoms with Crippen molar-refractivity contribution in [2.75, 3.05) is 19.0 Å². The molecule has 2 amide bonds. The van der Waals surface area contributed by atoms with Crippen LogP contribution < -0.4 is 10.1 Å². The summed E-state index contributed by atoms with van der Waals surface area (Å²) in [5.74, 6) is -1.25. The number of amides is 2. The van der Waals surface area contributed by atoms with Gasteiger partial charge < -0.3 is 19.9 Å². The summed E-state index contributed by atoms with van der Waals surface area (Å²) in [7, 11) is 1.32. The van der Waals surface area contributed by atoms with Gasteiger partial charge in [0.1, 0.15) is 11.5 Å². The summed E-state index contributed by atoms with van der Waals surface area (Å²) in [4.78, 5) is 42.1. The lowest BCUT2D eigenvalue weighted by Crippen LogP contribution is -2.38. The number of carbonyl (C=O) groups excluding carboxylic acids is 2. The SMILES string of the molecule is COc1ccc(NC(=O)c2nn(Cc3ccc(F)cc3)c3c2CN(C(=O)c2ccc[nH]2)CC3C)cc1[N+](=O)[O-]. The van der Waals surface area contributed by atoms with Crippen LogP contribution in [0.15, 0.2) is 60.8 Å². The van der Waals surface area contributed by atoms with Gasteiger partial charge in [-0.05, 0) is 42.0 Å². The Kier molecular flexibility index (Phi) is 6.84. The van der Waals surface area contributed by atoms with E-state index >= 15 is 0 Å². The quantitative estimate of drug-likeness (QED) is 0.269. The Hall–Kier alpha value is -5.00. The number of nitrogens with one attached hydrogen (secondary N) is 2. The van der Waals surface area contributed by atoms with E-state index in [1.165, 1.54) is 37.4 Å². The van der Waals surface area contributed by atoms with Gasteiger partial charge in [-0.2, -0.15) is 5.10 Å². The first-order valence-corrected chi connectivity index (χ1v) is 12.2. The first kappa shape index (κ1) is 25.6. The molecule has 0 fully saturated rings. The third-order valence-corrected chi connectivity index (χ3v) is 6.61. The number of benzene rings is 2. The van der Waals surface area contributed by atoms with E-state index in [0.717, 1.165) is 11.3 Å². The molecule has 12 heteroatoms. The van der Waals surface area contributed by atoms with Crippen LogP contribution in [0, 0.1) is 15.9 Å². The number of aromatic nitrogens is 3. The van der Waals surface area contributed by atoms with Gasteiger partial charge in [0.25, 0.3) is 11.8 Å². The maximum atomic E-state index is 13.5. The number of nitrogens with zero attached hydrogens (tertiary/aromatic N) is 4. The second-order valence-electron chi connectivity index (χ2n) is 9.26. The molecule has 3 heterocycles. The molecule has 39 heavy (non-hydrogen) atoms. The van der Waals surface area contributed by atoms with Crippen molar-refractivity contribution in [1.82, 2.24) is 19.7 Å². The molecule has 0 spiro atoms. The zero-order valence-corrected chi connectivity index (χ0v) is 21.2. The molecule has 0 radical (unpaired) electrons.